The van der Waals surface area contributed by atoms with Crippen LogP contribution in [0.5, 0.6) is 5.75 Å². The number of benzene rings is 1. The Morgan fingerprint density at radius 3 is 2.74 bits per heavy atom. The fourth-order valence-electron chi connectivity index (χ4n) is 2.09. The second-order valence-electron chi connectivity index (χ2n) is 4.32. The molecule has 0 atom stereocenters. The molecule has 2 heterocycles. The quantitative estimate of drug-likeness (QED) is 0.719. The minimum absolute atomic E-state index is 0.737. The van der Waals surface area contributed by atoms with Crippen molar-refractivity contribution in [2.75, 3.05) is 7.11 Å². The first-order chi connectivity index (χ1) is 9.28. The van der Waals surface area contributed by atoms with Gasteiger partial charge in [-0.25, -0.2) is 15.0 Å². The van der Waals surface area contributed by atoms with Crippen molar-refractivity contribution in [1.82, 2.24) is 19.5 Å². The van der Waals surface area contributed by atoms with Crippen molar-refractivity contribution in [1.29, 1.82) is 0 Å². The Bertz CT molecular complexity index is 703. The first-order valence-corrected chi connectivity index (χ1v) is 6.03. The van der Waals surface area contributed by atoms with Gasteiger partial charge in [-0.2, -0.15) is 0 Å². The number of hydrogen-bond donors (Lipinski definition) is 0. The van der Waals surface area contributed by atoms with Crippen molar-refractivity contribution in [3.8, 4) is 5.75 Å². The molecule has 3 aromatic rings. The Balaban J connectivity index is 1.98. The van der Waals surface area contributed by atoms with Crippen LogP contribution in [0.15, 0.2) is 36.8 Å². The molecule has 0 spiro atoms. The van der Waals surface area contributed by atoms with Gasteiger partial charge in [0, 0.05) is 6.54 Å². The third kappa shape index (κ3) is 2.14. The summed E-state index contributed by atoms with van der Waals surface area (Å²) in [5, 5.41) is 0. The number of methoxy groups -OCH3 is 1. The molecule has 0 bridgehead atoms. The largest absolute Gasteiger partial charge is 0.497 e. The summed E-state index contributed by atoms with van der Waals surface area (Å²) in [6.45, 7) is 2.73. The van der Waals surface area contributed by atoms with Crippen molar-refractivity contribution >= 4 is 11.2 Å². The van der Waals surface area contributed by atoms with Crippen LogP contribution in [0.2, 0.25) is 0 Å². The lowest BCUT2D eigenvalue weighted by atomic mass is 10.2. The Kier molecular flexibility index (Phi) is 2.87. The van der Waals surface area contributed by atoms with E-state index in [0.717, 1.165) is 29.3 Å². The summed E-state index contributed by atoms with van der Waals surface area (Å²) in [4.78, 5) is 12.7. The summed E-state index contributed by atoms with van der Waals surface area (Å²) in [6, 6.07) is 8.02. The van der Waals surface area contributed by atoms with Gasteiger partial charge in [0.05, 0.1) is 13.3 Å². The summed E-state index contributed by atoms with van der Waals surface area (Å²) in [5.74, 6) is 1.80. The minimum atomic E-state index is 0.737. The van der Waals surface area contributed by atoms with E-state index in [1.54, 1.807) is 13.3 Å². The minimum Gasteiger partial charge on any atom is -0.497 e. The van der Waals surface area contributed by atoms with Gasteiger partial charge in [-0.15, -0.1) is 0 Å². The van der Waals surface area contributed by atoms with Crippen molar-refractivity contribution in [3.05, 3.63) is 48.2 Å². The molecule has 0 radical (unpaired) electrons. The van der Waals surface area contributed by atoms with Gasteiger partial charge in [0.1, 0.15) is 23.4 Å². The number of aromatic nitrogens is 4. The summed E-state index contributed by atoms with van der Waals surface area (Å²) in [6.07, 6.45) is 3.32. The highest BCUT2D eigenvalue weighted by Crippen LogP contribution is 2.17. The van der Waals surface area contributed by atoms with E-state index in [2.05, 4.69) is 19.5 Å². The number of hydrogen-bond acceptors (Lipinski definition) is 4. The van der Waals surface area contributed by atoms with E-state index in [1.165, 1.54) is 11.9 Å². The van der Waals surface area contributed by atoms with Crippen molar-refractivity contribution < 1.29 is 4.74 Å². The molecule has 2 aromatic heterocycles. The molecule has 0 N–H and O–H groups in total. The molecular formula is C14H14N4O. The van der Waals surface area contributed by atoms with Crippen LogP contribution in [0.3, 0.4) is 0 Å². The second-order valence-corrected chi connectivity index (χ2v) is 4.32. The van der Waals surface area contributed by atoms with Crippen LogP contribution in [0, 0.1) is 6.92 Å². The summed E-state index contributed by atoms with van der Waals surface area (Å²) < 4.78 is 7.27. The first-order valence-electron chi connectivity index (χ1n) is 6.03. The van der Waals surface area contributed by atoms with Crippen LogP contribution < -0.4 is 4.74 Å². The highest BCUT2D eigenvalue weighted by molar-refractivity contribution is 5.70. The first kappa shape index (κ1) is 11.6. The smallest absolute Gasteiger partial charge is 0.180 e. The molecule has 5 nitrogen and oxygen atoms in total. The Labute approximate surface area is 110 Å². The number of rotatable bonds is 3. The molecule has 0 aliphatic rings. The van der Waals surface area contributed by atoms with Gasteiger partial charge < -0.3 is 9.30 Å². The average Bonchev–Trinajstić information content (AvgIpc) is 2.76. The third-order valence-corrected chi connectivity index (χ3v) is 3.12. The van der Waals surface area contributed by atoms with Gasteiger partial charge in [-0.05, 0) is 24.6 Å². The third-order valence-electron chi connectivity index (χ3n) is 3.12. The topological polar surface area (TPSA) is 52.8 Å². The molecule has 0 unspecified atom stereocenters. The monoisotopic (exact) mass is 254 g/mol. The van der Waals surface area contributed by atoms with Gasteiger partial charge in [0.15, 0.2) is 5.65 Å². The van der Waals surface area contributed by atoms with Crippen LogP contribution in [0.25, 0.3) is 11.2 Å². The van der Waals surface area contributed by atoms with Gasteiger partial charge in [-0.3, -0.25) is 0 Å². The molecular weight excluding hydrogens is 240 g/mol. The molecule has 96 valence electrons. The lowest BCUT2D eigenvalue weighted by Crippen LogP contribution is -2.02. The van der Waals surface area contributed by atoms with E-state index in [0.29, 0.717) is 0 Å². The standard InChI is InChI=1S/C14H14N4O/c1-10-17-14-13(7-15-9-16-14)18(10)8-11-3-5-12(19-2)6-4-11/h3-7,9H,8H2,1-2H3. The SMILES string of the molecule is COc1ccc(Cn2c(C)nc3ncncc32)cc1. The lowest BCUT2D eigenvalue weighted by Gasteiger charge is -2.07. The summed E-state index contributed by atoms with van der Waals surface area (Å²) >= 11 is 0. The van der Waals surface area contributed by atoms with Crippen LogP contribution in [0.4, 0.5) is 0 Å². The Hall–Kier alpha value is -2.43. The number of nitrogens with zero attached hydrogens (tertiary/aromatic N) is 4. The molecule has 19 heavy (non-hydrogen) atoms. The predicted molar refractivity (Wildman–Crippen MR) is 72.2 cm³/mol. The normalized spacial score (nSPS) is 10.8. The summed E-state index contributed by atoms with van der Waals surface area (Å²) in [5.41, 5.74) is 2.88. The average molecular weight is 254 g/mol. The van der Waals surface area contributed by atoms with Crippen LogP contribution >= 0.6 is 0 Å². The van der Waals surface area contributed by atoms with Gasteiger partial charge in [0.25, 0.3) is 0 Å². The Morgan fingerprint density at radius 2 is 2.00 bits per heavy atom. The maximum atomic E-state index is 5.16. The predicted octanol–water partition coefficient (Wildman–Crippen LogP) is 2.19. The number of imidazole rings is 1. The van der Waals surface area contributed by atoms with E-state index in [-0.39, 0.29) is 0 Å². The van der Waals surface area contributed by atoms with E-state index >= 15 is 0 Å². The number of aryl methyl sites for hydroxylation is 1. The van der Waals surface area contributed by atoms with E-state index < -0.39 is 0 Å². The molecule has 1 aromatic carbocycles. The fourth-order valence-corrected chi connectivity index (χ4v) is 2.09. The van der Waals surface area contributed by atoms with E-state index in [4.69, 9.17) is 4.74 Å². The molecule has 0 aliphatic carbocycles. The maximum absolute atomic E-state index is 5.16. The van der Waals surface area contributed by atoms with Gasteiger partial charge in [0.2, 0.25) is 0 Å². The molecule has 3 rings (SSSR count). The molecule has 0 aliphatic heterocycles. The van der Waals surface area contributed by atoms with Crippen molar-refractivity contribution in [2.45, 2.75) is 13.5 Å². The molecule has 0 saturated heterocycles. The van der Waals surface area contributed by atoms with Crippen LogP contribution in [-0.2, 0) is 6.54 Å². The second kappa shape index (κ2) is 4.68. The fraction of sp³-hybridized carbons (Fsp3) is 0.214. The van der Waals surface area contributed by atoms with Crippen LogP contribution in [-0.4, -0.2) is 26.6 Å². The van der Waals surface area contributed by atoms with Crippen molar-refractivity contribution in [3.63, 3.8) is 0 Å². The van der Waals surface area contributed by atoms with Crippen LogP contribution in [0.1, 0.15) is 11.4 Å². The highest BCUT2D eigenvalue weighted by Gasteiger charge is 2.08. The lowest BCUT2D eigenvalue weighted by molar-refractivity contribution is 0.414. The molecule has 0 saturated carbocycles. The zero-order valence-electron chi connectivity index (χ0n) is 10.9. The van der Waals surface area contributed by atoms with E-state index in [1.807, 2.05) is 31.2 Å². The highest BCUT2D eigenvalue weighted by atomic mass is 16.5. The van der Waals surface area contributed by atoms with Crippen molar-refractivity contribution in [2.24, 2.45) is 0 Å². The Morgan fingerprint density at radius 1 is 1.21 bits per heavy atom. The molecule has 0 amide bonds. The molecule has 0 fully saturated rings. The number of fused-ring (bicyclic) bond motifs is 1. The zero-order chi connectivity index (χ0) is 13.2. The van der Waals surface area contributed by atoms with Gasteiger partial charge >= 0.3 is 0 Å². The van der Waals surface area contributed by atoms with E-state index in [9.17, 15) is 0 Å². The van der Waals surface area contributed by atoms with Gasteiger partial charge in [-0.1, -0.05) is 12.1 Å². The summed E-state index contributed by atoms with van der Waals surface area (Å²) in [7, 11) is 1.67. The number of ether oxygens (including phenoxy) is 1. The molecule has 5 heteroatoms. The maximum Gasteiger partial charge on any atom is 0.180 e. The zero-order valence-corrected chi connectivity index (χ0v) is 10.9.